The Balaban J connectivity index is 1.27. The van der Waals surface area contributed by atoms with Crippen LogP contribution in [-0.4, -0.2) is 61.2 Å². The zero-order valence-electron chi connectivity index (χ0n) is 19.1. The van der Waals surface area contributed by atoms with Crippen molar-refractivity contribution >= 4 is 32.6 Å². The molecule has 2 aromatic rings. The standard InChI is InChI=1S/C24H36N4O2S/c1-17-7-4-8-18(2)28(17)14-6-12-25-23(29)19-9-5-13-27(16-19)24-26-21-11-10-20(30-3)15-22(21)31-24/h10-11,15,17-19H,4-9,12-14,16H2,1-3H3,(H,25,29)/t17-,18+,19-/m1/s1. The number of hydrogen-bond donors (Lipinski definition) is 1. The van der Waals surface area contributed by atoms with E-state index in [4.69, 9.17) is 9.72 Å². The topological polar surface area (TPSA) is 57.7 Å². The van der Waals surface area contributed by atoms with Gasteiger partial charge >= 0.3 is 0 Å². The third-order valence-electron chi connectivity index (χ3n) is 6.92. The van der Waals surface area contributed by atoms with E-state index in [0.29, 0.717) is 12.1 Å². The van der Waals surface area contributed by atoms with E-state index < -0.39 is 0 Å². The van der Waals surface area contributed by atoms with Crippen LogP contribution in [0.5, 0.6) is 5.75 Å². The predicted octanol–water partition coefficient (Wildman–Crippen LogP) is 4.29. The molecule has 1 amide bonds. The minimum absolute atomic E-state index is 0.0446. The van der Waals surface area contributed by atoms with Gasteiger partial charge in [-0.05, 0) is 64.2 Å². The molecule has 0 aliphatic carbocycles. The lowest BCUT2D eigenvalue weighted by Gasteiger charge is -2.39. The summed E-state index contributed by atoms with van der Waals surface area (Å²) in [6.45, 7) is 8.24. The maximum atomic E-state index is 12.8. The Hall–Kier alpha value is -1.86. The molecule has 31 heavy (non-hydrogen) atoms. The highest BCUT2D eigenvalue weighted by Crippen LogP contribution is 2.33. The molecular formula is C24H36N4O2S. The summed E-state index contributed by atoms with van der Waals surface area (Å²) in [6, 6.07) is 7.32. The second-order valence-electron chi connectivity index (χ2n) is 9.13. The van der Waals surface area contributed by atoms with Crippen LogP contribution in [0, 0.1) is 5.92 Å². The monoisotopic (exact) mass is 444 g/mol. The van der Waals surface area contributed by atoms with E-state index in [9.17, 15) is 4.79 Å². The van der Waals surface area contributed by atoms with Crippen LogP contribution in [-0.2, 0) is 4.79 Å². The number of aromatic nitrogens is 1. The summed E-state index contributed by atoms with van der Waals surface area (Å²) in [6.07, 6.45) is 6.95. The molecule has 0 spiro atoms. The van der Waals surface area contributed by atoms with Gasteiger partial charge in [0.1, 0.15) is 5.75 Å². The lowest BCUT2D eigenvalue weighted by molar-refractivity contribution is -0.125. The molecule has 7 heteroatoms. The van der Waals surface area contributed by atoms with Crippen LogP contribution in [0.1, 0.15) is 52.4 Å². The number of benzene rings is 1. The second kappa shape index (κ2) is 10.2. The first-order chi connectivity index (χ1) is 15.0. The van der Waals surface area contributed by atoms with Crippen LogP contribution in [0.2, 0.25) is 0 Å². The van der Waals surface area contributed by atoms with E-state index in [2.05, 4.69) is 29.0 Å². The van der Waals surface area contributed by atoms with Crippen molar-refractivity contribution in [3.8, 4) is 5.75 Å². The Morgan fingerprint density at radius 2 is 2.03 bits per heavy atom. The van der Waals surface area contributed by atoms with Gasteiger partial charge in [-0.1, -0.05) is 17.8 Å². The first kappa shape index (κ1) is 22.3. The van der Waals surface area contributed by atoms with Crippen molar-refractivity contribution in [3.05, 3.63) is 18.2 Å². The highest BCUT2D eigenvalue weighted by molar-refractivity contribution is 7.22. The van der Waals surface area contributed by atoms with Gasteiger partial charge in [-0.15, -0.1) is 0 Å². The SMILES string of the molecule is COc1ccc2nc(N3CCC[C@@H](C(=O)NCCCN4[C@H](C)CCC[C@@H]4C)C3)sc2c1. The Morgan fingerprint density at radius 1 is 1.23 bits per heavy atom. The van der Waals surface area contributed by atoms with E-state index in [1.165, 1.54) is 19.3 Å². The third kappa shape index (κ3) is 5.32. The number of piperidine rings is 2. The number of likely N-dealkylation sites (tertiary alicyclic amines) is 1. The summed E-state index contributed by atoms with van der Waals surface area (Å²) in [4.78, 5) is 22.5. The van der Waals surface area contributed by atoms with Crippen molar-refractivity contribution in [1.82, 2.24) is 15.2 Å². The summed E-state index contributed by atoms with van der Waals surface area (Å²) in [7, 11) is 1.69. The Bertz CT molecular complexity index is 876. The predicted molar refractivity (Wildman–Crippen MR) is 128 cm³/mol. The zero-order chi connectivity index (χ0) is 21.8. The quantitative estimate of drug-likeness (QED) is 0.646. The average Bonchev–Trinajstić information content (AvgIpc) is 3.21. The van der Waals surface area contributed by atoms with E-state index in [1.807, 2.05) is 18.2 Å². The summed E-state index contributed by atoms with van der Waals surface area (Å²) in [5.74, 6) is 1.10. The smallest absolute Gasteiger partial charge is 0.224 e. The number of anilines is 1. The van der Waals surface area contributed by atoms with E-state index >= 15 is 0 Å². The zero-order valence-corrected chi connectivity index (χ0v) is 19.9. The van der Waals surface area contributed by atoms with Gasteiger partial charge in [-0.25, -0.2) is 4.98 Å². The van der Waals surface area contributed by atoms with Gasteiger partial charge in [0.25, 0.3) is 0 Å². The number of thiazole rings is 1. The fraction of sp³-hybridized carbons (Fsp3) is 0.667. The van der Waals surface area contributed by atoms with Gasteiger partial charge in [0.05, 0.1) is 23.2 Å². The number of hydrogen-bond acceptors (Lipinski definition) is 6. The van der Waals surface area contributed by atoms with Crippen LogP contribution in [0.15, 0.2) is 18.2 Å². The van der Waals surface area contributed by atoms with Gasteiger partial charge in [-0.2, -0.15) is 0 Å². The number of methoxy groups -OCH3 is 1. The molecule has 2 aliphatic rings. The average molecular weight is 445 g/mol. The maximum absolute atomic E-state index is 12.8. The van der Waals surface area contributed by atoms with E-state index in [0.717, 1.165) is 66.5 Å². The summed E-state index contributed by atoms with van der Waals surface area (Å²) >= 11 is 1.68. The molecule has 1 aromatic heterocycles. The van der Waals surface area contributed by atoms with Crippen molar-refractivity contribution in [3.63, 3.8) is 0 Å². The van der Waals surface area contributed by atoms with Gasteiger partial charge < -0.3 is 15.0 Å². The first-order valence-corrected chi connectivity index (χ1v) is 12.6. The van der Waals surface area contributed by atoms with Crippen molar-refractivity contribution in [2.75, 3.05) is 38.2 Å². The van der Waals surface area contributed by atoms with Crippen molar-refractivity contribution in [2.24, 2.45) is 5.92 Å². The lowest BCUT2D eigenvalue weighted by Crippen LogP contribution is -2.46. The highest BCUT2D eigenvalue weighted by atomic mass is 32.1. The number of nitrogens with zero attached hydrogens (tertiary/aromatic N) is 3. The molecule has 0 radical (unpaired) electrons. The molecule has 6 nitrogen and oxygen atoms in total. The summed E-state index contributed by atoms with van der Waals surface area (Å²) in [5, 5.41) is 4.22. The minimum atomic E-state index is 0.0446. The Kier molecular flexibility index (Phi) is 7.33. The van der Waals surface area contributed by atoms with Gasteiger partial charge in [0.2, 0.25) is 5.91 Å². The molecular weight excluding hydrogens is 408 g/mol. The number of fused-ring (bicyclic) bond motifs is 1. The summed E-state index contributed by atoms with van der Waals surface area (Å²) < 4.78 is 6.46. The number of nitrogens with one attached hydrogen (secondary N) is 1. The van der Waals surface area contributed by atoms with Crippen LogP contribution in [0.3, 0.4) is 0 Å². The number of carbonyl (C=O) groups is 1. The lowest BCUT2D eigenvalue weighted by atomic mass is 9.97. The summed E-state index contributed by atoms with van der Waals surface area (Å²) in [5.41, 5.74) is 0.994. The Labute approximate surface area is 190 Å². The molecule has 0 bridgehead atoms. The fourth-order valence-electron chi connectivity index (χ4n) is 5.05. The molecule has 2 fully saturated rings. The maximum Gasteiger partial charge on any atom is 0.224 e. The number of carbonyl (C=O) groups excluding carboxylic acids is 1. The normalized spacial score (nSPS) is 25.0. The molecule has 1 N–H and O–H groups in total. The molecule has 0 unspecified atom stereocenters. The molecule has 2 aliphatic heterocycles. The minimum Gasteiger partial charge on any atom is -0.497 e. The molecule has 3 heterocycles. The second-order valence-corrected chi connectivity index (χ2v) is 10.1. The first-order valence-electron chi connectivity index (χ1n) is 11.8. The largest absolute Gasteiger partial charge is 0.497 e. The highest BCUT2D eigenvalue weighted by Gasteiger charge is 2.28. The molecule has 1 aromatic carbocycles. The molecule has 2 saturated heterocycles. The van der Waals surface area contributed by atoms with E-state index in [1.54, 1.807) is 18.4 Å². The van der Waals surface area contributed by atoms with Gasteiger partial charge in [0.15, 0.2) is 5.13 Å². The number of rotatable bonds is 7. The number of amides is 1. The van der Waals surface area contributed by atoms with Crippen molar-refractivity contribution < 1.29 is 9.53 Å². The molecule has 4 rings (SSSR count). The Morgan fingerprint density at radius 3 is 2.81 bits per heavy atom. The number of ether oxygens (including phenoxy) is 1. The van der Waals surface area contributed by atoms with Crippen LogP contribution in [0.4, 0.5) is 5.13 Å². The van der Waals surface area contributed by atoms with E-state index in [-0.39, 0.29) is 11.8 Å². The molecule has 170 valence electrons. The van der Waals surface area contributed by atoms with Crippen LogP contribution >= 0.6 is 11.3 Å². The molecule has 0 saturated carbocycles. The van der Waals surface area contributed by atoms with Crippen molar-refractivity contribution in [1.29, 1.82) is 0 Å². The van der Waals surface area contributed by atoms with Gasteiger partial charge in [0, 0.05) is 38.3 Å². The fourth-order valence-corrected chi connectivity index (χ4v) is 6.08. The third-order valence-corrected chi connectivity index (χ3v) is 7.99. The van der Waals surface area contributed by atoms with Gasteiger partial charge in [-0.3, -0.25) is 9.69 Å². The van der Waals surface area contributed by atoms with Crippen LogP contribution in [0.25, 0.3) is 10.2 Å². The van der Waals surface area contributed by atoms with Crippen LogP contribution < -0.4 is 15.0 Å². The van der Waals surface area contributed by atoms with Crippen molar-refractivity contribution in [2.45, 2.75) is 64.5 Å². The molecule has 3 atom stereocenters.